The normalized spacial score (nSPS) is 11.7. The van der Waals surface area contributed by atoms with Gasteiger partial charge in [-0.05, 0) is 49.7 Å². The summed E-state index contributed by atoms with van der Waals surface area (Å²) < 4.78 is 2.00. The molecule has 0 radical (unpaired) electrons. The minimum absolute atomic E-state index is 0.159. The lowest BCUT2D eigenvalue weighted by atomic mass is 9.95. The van der Waals surface area contributed by atoms with E-state index in [4.69, 9.17) is 0 Å². The van der Waals surface area contributed by atoms with E-state index in [1.165, 1.54) is 0 Å². The van der Waals surface area contributed by atoms with E-state index in [1.807, 2.05) is 60.3 Å². The van der Waals surface area contributed by atoms with Crippen molar-refractivity contribution in [1.82, 2.24) is 14.5 Å². The molecule has 3 rings (SSSR count). The maximum absolute atomic E-state index is 12.6. The molecule has 3 aromatic rings. The molecule has 2 aromatic heterocycles. The molecule has 5 heteroatoms. The van der Waals surface area contributed by atoms with Crippen molar-refractivity contribution in [2.45, 2.75) is 26.2 Å². The van der Waals surface area contributed by atoms with Crippen molar-refractivity contribution in [3.8, 4) is 11.8 Å². The first-order chi connectivity index (χ1) is 12.1. The molecule has 0 aliphatic rings. The molecular formula is C20H18N4O. The molecule has 0 saturated carbocycles. The molecule has 25 heavy (non-hydrogen) atoms. The van der Waals surface area contributed by atoms with E-state index in [0.717, 1.165) is 16.9 Å². The van der Waals surface area contributed by atoms with Crippen molar-refractivity contribution < 1.29 is 4.79 Å². The largest absolute Gasteiger partial charge is 0.324 e. The van der Waals surface area contributed by atoms with Gasteiger partial charge >= 0.3 is 0 Å². The Balaban J connectivity index is 1.77. The van der Waals surface area contributed by atoms with E-state index < -0.39 is 5.92 Å². The Kier molecular flexibility index (Phi) is 4.71. The summed E-state index contributed by atoms with van der Waals surface area (Å²) in [6, 6.07) is 15.5. The smallest absolute Gasteiger partial charge is 0.160 e. The van der Waals surface area contributed by atoms with Crippen LogP contribution in [0.3, 0.4) is 0 Å². The Bertz CT molecular complexity index is 901. The summed E-state index contributed by atoms with van der Waals surface area (Å²) in [7, 11) is 0. The van der Waals surface area contributed by atoms with Crippen molar-refractivity contribution in [3.05, 3.63) is 77.6 Å². The van der Waals surface area contributed by atoms with Gasteiger partial charge in [0.15, 0.2) is 5.78 Å². The summed E-state index contributed by atoms with van der Waals surface area (Å²) in [5, 5.41) is 9.44. The summed E-state index contributed by atoms with van der Waals surface area (Å²) in [6.45, 7) is 3.59. The van der Waals surface area contributed by atoms with Gasteiger partial charge in [-0.3, -0.25) is 4.79 Å². The van der Waals surface area contributed by atoms with Crippen molar-refractivity contribution in [2.75, 3.05) is 0 Å². The summed E-state index contributed by atoms with van der Waals surface area (Å²) in [5.74, 6) is -0.461. The van der Waals surface area contributed by atoms with Crippen molar-refractivity contribution >= 4 is 5.78 Å². The molecule has 1 atom stereocenters. The lowest BCUT2D eigenvalue weighted by molar-refractivity contribution is -0.118. The Morgan fingerprint density at radius 1 is 1.16 bits per heavy atom. The molecule has 124 valence electrons. The van der Waals surface area contributed by atoms with Gasteiger partial charge in [-0.2, -0.15) is 5.26 Å². The van der Waals surface area contributed by atoms with Crippen molar-refractivity contribution in [3.63, 3.8) is 0 Å². The standard InChI is InChI=1S/C20H18N4O/c1-14-11-19(23-15(2)22-14)18(13-21)20(25)12-16-5-7-17(8-6-16)24-9-3-4-10-24/h3-11,18H,12H2,1-2H3/t18-/m0/s1. The maximum atomic E-state index is 12.6. The summed E-state index contributed by atoms with van der Waals surface area (Å²) in [5.41, 5.74) is 3.14. The molecule has 1 aromatic carbocycles. The van der Waals surface area contributed by atoms with Gasteiger partial charge in [-0.25, -0.2) is 9.97 Å². The number of benzene rings is 1. The molecule has 0 spiro atoms. The third-order valence-corrected chi connectivity index (χ3v) is 3.95. The molecule has 2 heterocycles. The van der Waals surface area contributed by atoms with E-state index in [-0.39, 0.29) is 12.2 Å². The number of nitrogens with zero attached hydrogens (tertiary/aromatic N) is 4. The summed E-state index contributed by atoms with van der Waals surface area (Å²) in [4.78, 5) is 21.0. The van der Waals surface area contributed by atoms with E-state index in [2.05, 4.69) is 16.0 Å². The lowest BCUT2D eigenvalue weighted by Gasteiger charge is -2.10. The zero-order chi connectivity index (χ0) is 17.8. The van der Waals surface area contributed by atoms with Gasteiger partial charge in [0.1, 0.15) is 11.7 Å². The topological polar surface area (TPSA) is 71.6 Å². The van der Waals surface area contributed by atoms with Gasteiger partial charge in [0.05, 0.1) is 11.8 Å². The van der Waals surface area contributed by atoms with Crippen molar-refractivity contribution in [2.24, 2.45) is 0 Å². The van der Waals surface area contributed by atoms with Gasteiger partial charge < -0.3 is 4.57 Å². The van der Waals surface area contributed by atoms with Gasteiger partial charge in [0, 0.05) is 30.2 Å². The van der Waals surface area contributed by atoms with Gasteiger partial charge in [-0.1, -0.05) is 12.1 Å². The van der Waals surface area contributed by atoms with Crippen LogP contribution in [0.2, 0.25) is 0 Å². The first kappa shape index (κ1) is 16.6. The second-order valence-corrected chi connectivity index (χ2v) is 5.94. The Morgan fingerprint density at radius 2 is 1.84 bits per heavy atom. The molecule has 0 bridgehead atoms. The zero-order valence-electron chi connectivity index (χ0n) is 14.2. The van der Waals surface area contributed by atoms with Crippen LogP contribution in [-0.2, 0) is 11.2 Å². The van der Waals surface area contributed by atoms with Crippen LogP contribution in [0.1, 0.15) is 28.7 Å². The quantitative estimate of drug-likeness (QED) is 0.719. The number of hydrogen-bond acceptors (Lipinski definition) is 4. The number of nitriles is 1. The number of aromatic nitrogens is 3. The van der Waals surface area contributed by atoms with E-state index in [1.54, 1.807) is 13.0 Å². The molecule has 0 N–H and O–H groups in total. The fourth-order valence-electron chi connectivity index (χ4n) is 2.79. The number of Topliss-reactive ketones (excluding diaryl/α,β-unsaturated/α-hetero) is 1. The van der Waals surface area contributed by atoms with Crippen LogP contribution < -0.4 is 0 Å². The van der Waals surface area contributed by atoms with Gasteiger partial charge in [0.25, 0.3) is 0 Å². The van der Waals surface area contributed by atoms with Crippen LogP contribution in [0.25, 0.3) is 5.69 Å². The number of hydrogen-bond donors (Lipinski definition) is 0. The number of ketones is 1. The number of rotatable bonds is 5. The lowest BCUT2D eigenvalue weighted by Crippen LogP contribution is -2.16. The Morgan fingerprint density at radius 3 is 2.44 bits per heavy atom. The monoisotopic (exact) mass is 330 g/mol. The van der Waals surface area contributed by atoms with Crippen LogP contribution in [0, 0.1) is 25.2 Å². The first-order valence-corrected chi connectivity index (χ1v) is 8.03. The SMILES string of the molecule is Cc1cc([C@H](C#N)C(=O)Cc2ccc(-n3cccc3)cc2)nc(C)n1. The van der Waals surface area contributed by atoms with Gasteiger partial charge in [-0.15, -0.1) is 0 Å². The molecule has 0 unspecified atom stereocenters. The number of carbonyl (C=O) groups is 1. The van der Waals surface area contributed by atoms with E-state index in [0.29, 0.717) is 11.5 Å². The molecule has 5 nitrogen and oxygen atoms in total. The average molecular weight is 330 g/mol. The highest BCUT2D eigenvalue weighted by atomic mass is 16.1. The molecule has 0 aliphatic heterocycles. The summed E-state index contributed by atoms with van der Waals surface area (Å²) >= 11 is 0. The van der Waals surface area contributed by atoms with Crippen LogP contribution in [0.15, 0.2) is 54.9 Å². The zero-order valence-corrected chi connectivity index (χ0v) is 14.2. The molecule has 0 saturated heterocycles. The van der Waals surface area contributed by atoms with Crippen LogP contribution >= 0.6 is 0 Å². The number of aryl methyl sites for hydroxylation is 2. The first-order valence-electron chi connectivity index (χ1n) is 8.03. The highest BCUT2D eigenvalue weighted by molar-refractivity contribution is 5.89. The van der Waals surface area contributed by atoms with Crippen LogP contribution in [0.4, 0.5) is 0 Å². The fourth-order valence-corrected chi connectivity index (χ4v) is 2.79. The molecule has 0 amide bonds. The third-order valence-electron chi connectivity index (χ3n) is 3.95. The predicted molar refractivity (Wildman–Crippen MR) is 94.3 cm³/mol. The predicted octanol–water partition coefficient (Wildman–Crippen LogP) is 3.30. The van der Waals surface area contributed by atoms with Crippen LogP contribution in [0.5, 0.6) is 0 Å². The van der Waals surface area contributed by atoms with Gasteiger partial charge in [0.2, 0.25) is 0 Å². The van der Waals surface area contributed by atoms with E-state index >= 15 is 0 Å². The molecule has 0 aliphatic carbocycles. The minimum Gasteiger partial charge on any atom is -0.324 e. The van der Waals surface area contributed by atoms with Crippen molar-refractivity contribution in [1.29, 1.82) is 5.26 Å². The average Bonchev–Trinajstić information content (AvgIpc) is 3.10. The highest BCUT2D eigenvalue weighted by Gasteiger charge is 2.22. The second kappa shape index (κ2) is 7.10. The molecule has 0 fully saturated rings. The second-order valence-electron chi connectivity index (χ2n) is 5.94. The highest BCUT2D eigenvalue weighted by Crippen LogP contribution is 2.18. The summed E-state index contributed by atoms with van der Waals surface area (Å²) in [6.07, 6.45) is 4.13. The van der Waals surface area contributed by atoms with E-state index in [9.17, 15) is 10.1 Å². The molecular weight excluding hydrogens is 312 g/mol. The number of carbonyl (C=O) groups excluding carboxylic acids is 1. The third kappa shape index (κ3) is 3.81. The van der Waals surface area contributed by atoms with Crippen LogP contribution in [-0.4, -0.2) is 20.3 Å². The Hall–Kier alpha value is -3.26. The maximum Gasteiger partial charge on any atom is 0.160 e. The minimum atomic E-state index is -0.871. The Labute approximate surface area is 146 Å². The fraction of sp³-hybridized carbons (Fsp3) is 0.200.